The molecular weight excluding hydrogens is 264 g/mol. The van der Waals surface area contributed by atoms with Gasteiger partial charge in [0, 0.05) is 6.07 Å². The lowest BCUT2D eigenvalue weighted by Gasteiger charge is -2.11. The second-order valence-corrected chi connectivity index (χ2v) is 5.20. The molecule has 1 aromatic rings. The summed E-state index contributed by atoms with van der Waals surface area (Å²) in [5.41, 5.74) is 0. The van der Waals surface area contributed by atoms with Gasteiger partial charge in [0.1, 0.15) is 16.4 Å². The third-order valence-electron chi connectivity index (χ3n) is 2.63. The fourth-order valence-electron chi connectivity index (χ4n) is 1.49. The molecule has 0 heterocycles. The Morgan fingerprint density at radius 1 is 1.11 bits per heavy atom. The van der Waals surface area contributed by atoms with Gasteiger partial charge in [-0.3, -0.25) is 0 Å². The van der Waals surface area contributed by atoms with Crippen molar-refractivity contribution >= 4 is 11.1 Å². The van der Waals surface area contributed by atoms with Crippen LogP contribution in [0.2, 0.25) is 0 Å². The first kappa shape index (κ1) is 16.0. The van der Waals surface area contributed by atoms with E-state index in [0.29, 0.717) is 24.7 Å². The van der Waals surface area contributed by atoms with Crippen molar-refractivity contribution < 1.29 is 18.2 Å². The van der Waals surface area contributed by atoms with Crippen molar-refractivity contribution in [3.05, 3.63) is 18.2 Å². The van der Waals surface area contributed by atoms with Crippen molar-refractivity contribution in [1.29, 1.82) is 0 Å². The maximum absolute atomic E-state index is 11.3. The normalized spacial score (nSPS) is 12.2. The summed E-state index contributed by atoms with van der Waals surface area (Å²) >= 11 is -2.07. The maximum Gasteiger partial charge on any atom is 0.190 e. The van der Waals surface area contributed by atoms with E-state index in [1.54, 1.807) is 18.2 Å². The number of unbranched alkanes of at least 4 members (excludes halogenated alkanes) is 2. The van der Waals surface area contributed by atoms with Crippen LogP contribution >= 0.6 is 0 Å². The summed E-state index contributed by atoms with van der Waals surface area (Å²) in [4.78, 5) is 0.269. The van der Waals surface area contributed by atoms with Gasteiger partial charge in [0.25, 0.3) is 0 Å². The highest BCUT2D eigenvalue weighted by Crippen LogP contribution is 2.27. The molecule has 0 aliphatic heterocycles. The molecule has 19 heavy (non-hydrogen) atoms. The topological polar surface area (TPSA) is 55.8 Å². The van der Waals surface area contributed by atoms with Crippen LogP contribution in [0.15, 0.2) is 23.1 Å². The zero-order valence-electron chi connectivity index (χ0n) is 11.6. The largest absolute Gasteiger partial charge is 0.494 e. The van der Waals surface area contributed by atoms with Gasteiger partial charge in [-0.15, -0.1) is 0 Å². The van der Waals surface area contributed by atoms with Gasteiger partial charge in [0.2, 0.25) is 0 Å². The maximum atomic E-state index is 11.3. The van der Waals surface area contributed by atoms with Crippen LogP contribution in [0.25, 0.3) is 0 Å². The number of ether oxygens (including phenoxy) is 2. The van der Waals surface area contributed by atoms with E-state index in [4.69, 9.17) is 9.47 Å². The van der Waals surface area contributed by atoms with E-state index in [2.05, 4.69) is 13.8 Å². The van der Waals surface area contributed by atoms with Crippen LogP contribution in [0.4, 0.5) is 0 Å². The Labute approximate surface area is 117 Å². The molecule has 1 atom stereocenters. The zero-order chi connectivity index (χ0) is 14.1. The van der Waals surface area contributed by atoms with Crippen LogP contribution < -0.4 is 9.47 Å². The molecule has 5 heteroatoms. The van der Waals surface area contributed by atoms with E-state index in [0.717, 1.165) is 25.7 Å². The minimum absolute atomic E-state index is 0.269. The number of hydrogen-bond acceptors (Lipinski definition) is 3. The van der Waals surface area contributed by atoms with Crippen molar-refractivity contribution in [1.82, 2.24) is 0 Å². The molecule has 0 saturated carbocycles. The molecule has 4 nitrogen and oxygen atoms in total. The van der Waals surface area contributed by atoms with Crippen molar-refractivity contribution in [2.45, 2.75) is 44.4 Å². The third-order valence-corrected chi connectivity index (χ3v) is 3.32. The van der Waals surface area contributed by atoms with Crippen LogP contribution in [0.3, 0.4) is 0 Å². The average Bonchev–Trinajstić information content (AvgIpc) is 2.40. The molecule has 0 radical (unpaired) electrons. The van der Waals surface area contributed by atoms with Crippen molar-refractivity contribution in [3.8, 4) is 11.5 Å². The van der Waals surface area contributed by atoms with Gasteiger partial charge < -0.3 is 14.0 Å². The lowest BCUT2D eigenvalue weighted by molar-refractivity contribution is 0.293. The molecule has 0 saturated heterocycles. The van der Waals surface area contributed by atoms with Gasteiger partial charge in [-0.1, -0.05) is 26.7 Å². The lowest BCUT2D eigenvalue weighted by Crippen LogP contribution is -2.02. The Hall–Kier alpha value is -1.07. The summed E-state index contributed by atoms with van der Waals surface area (Å²) in [5, 5.41) is 0. The molecule has 0 aliphatic rings. The average molecular weight is 286 g/mol. The lowest BCUT2D eigenvalue weighted by atomic mass is 10.3. The highest BCUT2D eigenvalue weighted by atomic mass is 32.2. The minimum atomic E-state index is -2.07. The van der Waals surface area contributed by atoms with Crippen LogP contribution in [-0.4, -0.2) is 22.0 Å². The van der Waals surface area contributed by atoms with Gasteiger partial charge >= 0.3 is 0 Å². The second kappa shape index (κ2) is 8.93. The van der Waals surface area contributed by atoms with Gasteiger partial charge in [-0.25, -0.2) is 4.21 Å². The van der Waals surface area contributed by atoms with E-state index in [1.807, 2.05) is 0 Å². The predicted octanol–water partition coefficient (Wildman–Crippen LogP) is 3.63. The molecule has 0 amide bonds. The SMILES string of the molecule is CCCCOc1ccc(OCCCC)c(S(=O)O)c1. The first-order valence-electron chi connectivity index (χ1n) is 6.69. The van der Waals surface area contributed by atoms with Crippen molar-refractivity contribution in [3.63, 3.8) is 0 Å². The minimum Gasteiger partial charge on any atom is -0.494 e. The Morgan fingerprint density at radius 2 is 1.74 bits per heavy atom. The number of rotatable bonds is 9. The van der Waals surface area contributed by atoms with Crippen molar-refractivity contribution in [2.24, 2.45) is 0 Å². The molecule has 0 aliphatic carbocycles. The molecule has 0 bridgehead atoms. The summed E-state index contributed by atoms with van der Waals surface area (Å²) in [6.07, 6.45) is 3.96. The summed E-state index contributed by atoms with van der Waals surface area (Å²) in [5.74, 6) is 1.06. The third kappa shape index (κ3) is 5.61. The van der Waals surface area contributed by atoms with E-state index in [-0.39, 0.29) is 4.90 Å². The molecule has 1 unspecified atom stereocenters. The first-order chi connectivity index (χ1) is 9.19. The molecule has 1 rings (SSSR count). The summed E-state index contributed by atoms with van der Waals surface area (Å²) in [6.45, 7) is 5.32. The van der Waals surface area contributed by atoms with E-state index in [9.17, 15) is 8.76 Å². The molecule has 1 N–H and O–H groups in total. The molecule has 0 aromatic heterocycles. The van der Waals surface area contributed by atoms with Crippen LogP contribution in [0.1, 0.15) is 39.5 Å². The quantitative estimate of drug-likeness (QED) is 0.556. The van der Waals surface area contributed by atoms with Crippen LogP contribution in [-0.2, 0) is 11.1 Å². The van der Waals surface area contributed by atoms with E-state index < -0.39 is 11.1 Å². The second-order valence-electron chi connectivity index (χ2n) is 4.26. The monoisotopic (exact) mass is 286 g/mol. The van der Waals surface area contributed by atoms with Gasteiger partial charge in [0.15, 0.2) is 11.1 Å². The predicted molar refractivity (Wildman–Crippen MR) is 76.3 cm³/mol. The number of hydrogen-bond donors (Lipinski definition) is 1. The van der Waals surface area contributed by atoms with Gasteiger partial charge in [0.05, 0.1) is 13.2 Å². The Balaban J connectivity index is 2.73. The summed E-state index contributed by atoms with van der Waals surface area (Å²) in [7, 11) is 0. The molecular formula is C14H22O4S. The highest BCUT2D eigenvalue weighted by molar-refractivity contribution is 7.79. The molecule has 1 aromatic carbocycles. The smallest absolute Gasteiger partial charge is 0.190 e. The Bertz CT molecular complexity index is 406. The van der Waals surface area contributed by atoms with Crippen molar-refractivity contribution in [2.75, 3.05) is 13.2 Å². The van der Waals surface area contributed by atoms with E-state index in [1.165, 1.54) is 0 Å². The molecule has 0 fully saturated rings. The highest BCUT2D eigenvalue weighted by Gasteiger charge is 2.11. The fourth-order valence-corrected chi connectivity index (χ4v) is 2.01. The standard InChI is InChI=1S/C14H22O4S/c1-3-5-9-17-12-7-8-13(18-10-6-4-2)14(11-12)19(15)16/h7-8,11H,3-6,9-10H2,1-2H3,(H,15,16). The fraction of sp³-hybridized carbons (Fsp3) is 0.571. The van der Waals surface area contributed by atoms with E-state index >= 15 is 0 Å². The molecule has 0 spiro atoms. The first-order valence-corrected chi connectivity index (χ1v) is 7.80. The Kier molecular flexibility index (Phi) is 7.52. The van der Waals surface area contributed by atoms with Gasteiger partial charge in [-0.05, 0) is 25.0 Å². The zero-order valence-corrected chi connectivity index (χ0v) is 12.4. The number of benzene rings is 1. The van der Waals surface area contributed by atoms with Crippen LogP contribution in [0, 0.1) is 0 Å². The summed E-state index contributed by atoms with van der Waals surface area (Å²) < 4.78 is 31.6. The Morgan fingerprint density at radius 3 is 2.32 bits per heavy atom. The van der Waals surface area contributed by atoms with Gasteiger partial charge in [-0.2, -0.15) is 0 Å². The summed E-state index contributed by atoms with van der Waals surface area (Å²) in [6, 6.07) is 5.04. The van der Waals surface area contributed by atoms with Crippen LogP contribution in [0.5, 0.6) is 11.5 Å². The molecule has 108 valence electrons.